The Bertz CT molecular complexity index is 598. The Morgan fingerprint density at radius 2 is 2.05 bits per heavy atom. The summed E-state index contributed by atoms with van der Waals surface area (Å²) in [4.78, 5) is 33.5. The molecule has 1 aromatic carbocycles. The van der Waals surface area contributed by atoms with Gasteiger partial charge in [-0.1, -0.05) is 6.92 Å². The summed E-state index contributed by atoms with van der Waals surface area (Å²) in [5.41, 5.74) is 4.87. The maximum atomic E-state index is 11.8. The average Bonchev–Trinajstić information content (AvgIpc) is 2.44. The van der Waals surface area contributed by atoms with E-state index >= 15 is 0 Å². The first-order chi connectivity index (χ1) is 10.2. The van der Waals surface area contributed by atoms with Gasteiger partial charge in [0.25, 0.3) is 11.6 Å². The summed E-state index contributed by atoms with van der Waals surface area (Å²) in [6.45, 7) is 5.17. The van der Waals surface area contributed by atoms with Crippen molar-refractivity contribution < 1.29 is 19.2 Å². The van der Waals surface area contributed by atoms with Crippen molar-refractivity contribution in [3.8, 4) is 0 Å². The van der Waals surface area contributed by atoms with Crippen LogP contribution in [0.15, 0.2) is 18.2 Å². The number of nitro benzene ring substituents is 1. The topological polar surface area (TPSA) is 125 Å². The Morgan fingerprint density at radius 1 is 1.41 bits per heavy atom. The number of nitrogen functional groups attached to an aromatic ring is 1. The van der Waals surface area contributed by atoms with Crippen LogP contribution in [-0.2, 0) is 9.53 Å². The van der Waals surface area contributed by atoms with Gasteiger partial charge in [0.15, 0.2) is 6.61 Å². The van der Waals surface area contributed by atoms with Crippen molar-refractivity contribution in [1.82, 2.24) is 5.32 Å². The molecule has 8 heteroatoms. The predicted molar refractivity (Wildman–Crippen MR) is 80.3 cm³/mol. The number of nitro groups is 1. The molecule has 0 aliphatic heterocycles. The van der Waals surface area contributed by atoms with Gasteiger partial charge < -0.3 is 15.8 Å². The molecule has 0 aliphatic carbocycles. The van der Waals surface area contributed by atoms with Crippen molar-refractivity contribution >= 4 is 23.3 Å². The van der Waals surface area contributed by atoms with Crippen LogP contribution in [0.2, 0.25) is 0 Å². The van der Waals surface area contributed by atoms with Crippen molar-refractivity contribution in [2.45, 2.75) is 32.7 Å². The Hall–Kier alpha value is -2.64. The molecule has 0 unspecified atom stereocenters. The van der Waals surface area contributed by atoms with E-state index in [0.29, 0.717) is 0 Å². The molecule has 0 heterocycles. The SMILES string of the molecule is CCC(C)(C)NC(=O)COC(=O)c1ccc([N+](=O)[O-])cc1N. The second kappa shape index (κ2) is 6.88. The Labute approximate surface area is 127 Å². The van der Waals surface area contributed by atoms with E-state index in [9.17, 15) is 19.7 Å². The van der Waals surface area contributed by atoms with Gasteiger partial charge in [-0.05, 0) is 26.3 Å². The fraction of sp³-hybridized carbons (Fsp3) is 0.429. The number of esters is 1. The van der Waals surface area contributed by atoms with Crippen molar-refractivity contribution in [3.05, 3.63) is 33.9 Å². The number of carbonyl (C=O) groups excluding carboxylic acids is 2. The highest BCUT2D eigenvalue weighted by molar-refractivity contribution is 5.96. The Balaban J connectivity index is 2.67. The molecule has 0 saturated carbocycles. The number of nitrogens with zero attached hydrogens (tertiary/aromatic N) is 1. The van der Waals surface area contributed by atoms with E-state index in [-0.39, 0.29) is 16.9 Å². The summed E-state index contributed by atoms with van der Waals surface area (Å²) in [7, 11) is 0. The monoisotopic (exact) mass is 309 g/mol. The van der Waals surface area contributed by atoms with E-state index in [0.717, 1.165) is 18.6 Å². The number of amides is 1. The lowest BCUT2D eigenvalue weighted by Gasteiger charge is -2.24. The Kier molecular flexibility index (Phi) is 5.44. The summed E-state index contributed by atoms with van der Waals surface area (Å²) >= 11 is 0. The Morgan fingerprint density at radius 3 is 2.55 bits per heavy atom. The predicted octanol–water partition coefficient (Wildman–Crippen LogP) is 1.64. The zero-order valence-corrected chi connectivity index (χ0v) is 12.7. The van der Waals surface area contributed by atoms with Gasteiger partial charge in [0.2, 0.25) is 0 Å². The molecule has 1 rings (SSSR count). The van der Waals surface area contributed by atoms with Crippen LogP contribution in [0.3, 0.4) is 0 Å². The summed E-state index contributed by atoms with van der Waals surface area (Å²) in [5.74, 6) is -1.24. The van der Waals surface area contributed by atoms with Crippen LogP contribution in [0.1, 0.15) is 37.6 Å². The number of hydrogen-bond acceptors (Lipinski definition) is 6. The van der Waals surface area contributed by atoms with Gasteiger partial charge in [-0.25, -0.2) is 4.79 Å². The van der Waals surface area contributed by atoms with E-state index in [2.05, 4.69) is 5.32 Å². The number of nitrogens with two attached hydrogens (primary N) is 1. The molecule has 1 aromatic rings. The average molecular weight is 309 g/mol. The summed E-state index contributed by atoms with van der Waals surface area (Å²) in [6.07, 6.45) is 0.724. The van der Waals surface area contributed by atoms with Crippen LogP contribution in [0.5, 0.6) is 0 Å². The number of ether oxygens (including phenoxy) is 1. The lowest BCUT2D eigenvalue weighted by Crippen LogP contribution is -2.44. The normalized spacial score (nSPS) is 10.9. The highest BCUT2D eigenvalue weighted by atomic mass is 16.6. The largest absolute Gasteiger partial charge is 0.452 e. The fourth-order valence-electron chi connectivity index (χ4n) is 1.56. The first-order valence-electron chi connectivity index (χ1n) is 6.68. The molecule has 0 spiro atoms. The van der Waals surface area contributed by atoms with Gasteiger partial charge in [0.1, 0.15) is 0 Å². The zero-order chi connectivity index (χ0) is 16.9. The van der Waals surface area contributed by atoms with Crippen molar-refractivity contribution in [2.75, 3.05) is 12.3 Å². The van der Waals surface area contributed by atoms with Gasteiger partial charge in [-0.15, -0.1) is 0 Å². The fourth-order valence-corrected chi connectivity index (χ4v) is 1.56. The molecule has 22 heavy (non-hydrogen) atoms. The third kappa shape index (κ3) is 4.72. The standard InChI is InChI=1S/C14H19N3O5/c1-4-14(2,3)16-12(18)8-22-13(19)10-6-5-9(17(20)21)7-11(10)15/h5-7H,4,8,15H2,1-3H3,(H,16,18). The molecule has 120 valence electrons. The van der Waals surface area contributed by atoms with E-state index < -0.39 is 28.9 Å². The number of nitrogens with one attached hydrogen (secondary N) is 1. The summed E-state index contributed by atoms with van der Waals surface area (Å²) in [6, 6.07) is 3.41. The number of non-ortho nitro benzene ring substituents is 1. The first kappa shape index (κ1) is 17.4. The highest BCUT2D eigenvalue weighted by Crippen LogP contribution is 2.20. The smallest absolute Gasteiger partial charge is 0.340 e. The van der Waals surface area contributed by atoms with Crippen LogP contribution >= 0.6 is 0 Å². The molecular weight excluding hydrogens is 290 g/mol. The molecule has 0 aromatic heterocycles. The molecular formula is C14H19N3O5. The van der Waals surface area contributed by atoms with Crippen LogP contribution in [0.25, 0.3) is 0 Å². The van der Waals surface area contributed by atoms with E-state index in [4.69, 9.17) is 10.5 Å². The first-order valence-corrected chi connectivity index (χ1v) is 6.68. The van der Waals surface area contributed by atoms with Gasteiger partial charge in [0.05, 0.1) is 16.2 Å². The third-order valence-corrected chi connectivity index (χ3v) is 3.16. The molecule has 0 saturated heterocycles. The quantitative estimate of drug-likeness (QED) is 0.356. The van der Waals surface area contributed by atoms with E-state index in [1.807, 2.05) is 20.8 Å². The van der Waals surface area contributed by atoms with E-state index in [1.165, 1.54) is 6.07 Å². The number of anilines is 1. The van der Waals surface area contributed by atoms with Gasteiger partial charge >= 0.3 is 5.97 Å². The lowest BCUT2D eigenvalue weighted by molar-refractivity contribution is -0.384. The van der Waals surface area contributed by atoms with Crippen LogP contribution in [0.4, 0.5) is 11.4 Å². The van der Waals surface area contributed by atoms with Crippen molar-refractivity contribution in [2.24, 2.45) is 0 Å². The van der Waals surface area contributed by atoms with Crippen LogP contribution in [0, 0.1) is 10.1 Å². The molecule has 3 N–H and O–H groups in total. The number of rotatable bonds is 6. The number of benzene rings is 1. The molecule has 0 atom stereocenters. The van der Waals surface area contributed by atoms with Gasteiger partial charge in [-0.3, -0.25) is 14.9 Å². The van der Waals surface area contributed by atoms with Gasteiger partial charge in [0, 0.05) is 17.7 Å². The number of carbonyl (C=O) groups is 2. The second-order valence-corrected chi connectivity index (χ2v) is 5.39. The number of hydrogen-bond donors (Lipinski definition) is 2. The minimum Gasteiger partial charge on any atom is -0.452 e. The molecule has 0 aliphatic rings. The highest BCUT2D eigenvalue weighted by Gasteiger charge is 2.20. The molecule has 0 radical (unpaired) electrons. The summed E-state index contributed by atoms with van der Waals surface area (Å²) in [5, 5.41) is 13.3. The third-order valence-electron chi connectivity index (χ3n) is 3.16. The second-order valence-electron chi connectivity index (χ2n) is 5.39. The molecule has 1 amide bonds. The maximum Gasteiger partial charge on any atom is 0.340 e. The zero-order valence-electron chi connectivity index (χ0n) is 12.7. The minimum absolute atomic E-state index is 0.0202. The van der Waals surface area contributed by atoms with Crippen molar-refractivity contribution in [3.63, 3.8) is 0 Å². The molecule has 0 fully saturated rings. The van der Waals surface area contributed by atoms with Crippen LogP contribution in [-0.4, -0.2) is 28.9 Å². The van der Waals surface area contributed by atoms with E-state index in [1.54, 1.807) is 0 Å². The van der Waals surface area contributed by atoms with Gasteiger partial charge in [-0.2, -0.15) is 0 Å². The minimum atomic E-state index is -0.808. The molecule has 0 bridgehead atoms. The maximum absolute atomic E-state index is 11.8. The molecule has 8 nitrogen and oxygen atoms in total. The van der Waals surface area contributed by atoms with Crippen molar-refractivity contribution in [1.29, 1.82) is 0 Å². The summed E-state index contributed by atoms with van der Waals surface area (Å²) < 4.78 is 4.86. The van der Waals surface area contributed by atoms with Crippen LogP contribution < -0.4 is 11.1 Å². The lowest BCUT2D eigenvalue weighted by atomic mass is 10.0.